The van der Waals surface area contributed by atoms with E-state index < -0.39 is 11.9 Å². The molecule has 1 heterocycles. The van der Waals surface area contributed by atoms with E-state index in [9.17, 15) is 9.59 Å². The second-order valence-electron chi connectivity index (χ2n) is 4.60. The number of carbonyl (C=O) groups excluding carboxylic acids is 1. The van der Waals surface area contributed by atoms with Gasteiger partial charge in [-0.25, -0.2) is 4.79 Å². The van der Waals surface area contributed by atoms with Crippen LogP contribution in [0.2, 0.25) is 0 Å². The van der Waals surface area contributed by atoms with Gasteiger partial charge >= 0.3 is 5.97 Å². The molecule has 0 bridgehead atoms. The van der Waals surface area contributed by atoms with Gasteiger partial charge in [0.1, 0.15) is 5.69 Å². The van der Waals surface area contributed by atoms with Crippen LogP contribution in [0.4, 0.5) is 11.4 Å². The number of benzene rings is 1. The first-order valence-corrected chi connectivity index (χ1v) is 6.26. The fourth-order valence-corrected chi connectivity index (χ4v) is 1.79. The van der Waals surface area contributed by atoms with Crippen LogP contribution in [0.5, 0.6) is 0 Å². The number of carboxylic acids is 1. The standard InChI is InChI=1S/C15H15N3O3/c1-18(2)11-7-5-10(6-8-11)17-14(19)13-12(15(20)21)4-3-9-16-13/h3-9H,1-2H3,(H,17,19)(H,20,21). The van der Waals surface area contributed by atoms with Gasteiger partial charge in [0.2, 0.25) is 0 Å². The van der Waals surface area contributed by atoms with E-state index in [1.807, 2.05) is 31.1 Å². The summed E-state index contributed by atoms with van der Waals surface area (Å²) in [6, 6.07) is 10.0. The quantitative estimate of drug-likeness (QED) is 0.899. The molecule has 6 nitrogen and oxygen atoms in total. The van der Waals surface area contributed by atoms with Gasteiger partial charge in [0.15, 0.2) is 0 Å². The van der Waals surface area contributed by atoms with Crippen LogP contribution < -0.4 is 10.2 Å². The third-order valence-electron chi connectivity index (χ3n) is 2.89. The maximum absolute atomic E-state index is 12.1. The second-order valence-corrected chi connectivity index (χ2v) is 4.60. The van der Waals surface area contributed by atoms with Crippen molar-refractivity contribution in [1.29, 1.82) is 0 Å². The van der Waals surface area contributed by atoms with E-state index >= 15 is 0 Å². The first kappa shape index (κ1) is 14.5. The number of anilines is 2. The lowest BCUT2D eigenvalue weighted by Crippen LogP contribution is -2.18. The van der Waals surface area contributed by atoms with Crippen LogP contribution >= 0.6 is 0 Å². The molecule has 2 N–H and O–H groups in total. The predicted octanol–water partition coefficient (Wildman–Crippen LogP) is 2.10. The van der Waals surface area contributed by atoms with Gasteiger partial charge in [0, 0.05) is 31.7 Å². The normalized spacial score (nSPS) is 10.0. The summed E-state index contributed by atoms with van der Waals surface area (Å²) in [5.74, 6) is -1.73. The molecule has 0 spiro atoms. The van der Waals surface area contributed by atoms with Crippen LogP contribution in [0, 0.1) is 0 Å². The summed E-state index contributed by atoms with van der Waals surface area (Å²) in [7, 11) is 3.83. The van der Waals surface area contributed by atoms with E-state index in [1.165, 1.54) is 18.3 Å². The van der Waals surface area contributed by atoms with Crippen LogP contribution in [0.15, 0.2) is 42.6 Å². The molecular weight excluding hydrogens is 270 g/mol. The fourth-order valence-electron chi connectivity index (χ4n) is 1.79. The molecule has 0 radical (unpaired) electrons. The number of carboxylic acid groups (broad SMARTS) is 1. The van der Waals surface area contributed by atoms with Gasteiger partial charge in [-0.1, -0.05) is 0 Å². The van der Waals surface area contributed by atoms with Gasteiger partial charge in [-0.3, -0.25) is 9.78 Å². The summed E-state index contributed by atoms with van der Waals surface area (Å²) in [5.41, 5.74) is 1.34. The minimum atomic E-state index is -1.18. The minimum Gasteiger partial charge on any atom is -0.478 e. The number of amides is 1. The van der Waals surface area contributed by atoms with Crippen molar-refractivity contribution in [2.24, 2.45) is 0 Å². The Kier molecular flexibility index (Phi) is 4.18. The maximum Gasteiger partial charge on any atom is 0.338 e. The largest absolute Gasteiger partial charge is 0.478 e. The molecule has 2 aromatic rings. The molecule has 1 aromatic heterocycles. The molecule has 2 rings (SSSR count). The van der Waals surface area contributed by atoms with Crippen molar-refractivity contribution in [2.75, 3.05) is 24.3 Å². The van der Waals surface area contributed by atoms with Crippen molar-refractivity contribution in [1.82, 2.24) is 4.98 Å². The zero-order chi connectivity index (χ0) is 15.4. The van der Waals surface area contributed by atoms with E-state index in [0.29, 0.717) is 5.69 Å². The monoisotopic (exact) mass is 285 g/mol. The van der Waals surface area contributed by atoms with E-state index in [4.69, 9.17) is 5.11 Å². The van der Waals surface area contributed by atoms with Crippen molar-refractivity contribution >= 4 is 23.3 Å². The molecule has 1 aromatic carbocycles. The van der Waals surface area contributed by atoms with Gasteiger partial charge in [0.25, 0.3) is 5.91 Å². The van der Waals surface area contributed by atoms with Crippen LogP contribution in [0.25, 0.3) is 0 Å². The number of hydrogen-bond donors (Lipinski definition) is 2. The first-order chi connectivity index (χ1) is 9.99. The molecule has 0 atom stereocenters. The highest BCUT2D eigenvalue weighted by molar-refractivity contribution is 6.09. The molecule has 0 aliphatic rings. The van der Waals surface area contributed by atoms with Crippen LogP contribution in [-0.2, 0) is 0 Å². The average molecular weight is 285 g/mol. The number of pyridine rings is 1. The van der Waals surface area contributed by atoms with Gasteiger partial charge in [0.05, 0.1) is 5.56 Å². The SMILES string of the molecule is CN(C)c1ccc(NC(=O)c2ncccc2C(=O)O)cc1. The summed E-state index contributed by atoms with van der Waals surface area (Å²) in [6.45, 7) is 0. The highest BCUT2D eigenvalue weighted by Crippen LogP contribution is 2.16. The minimum absolute atomic E-state index is 0.110. The molecule has 6 heteroatoms. The number of hydrogen-bond acceptors (Lipinski definition) is 4. The molecule has 1 amide bonds. The molecule has 0 aliphatic heterocycles. The zero-order valence-corrected chi connectivity index (χ0v) is 11.7. The smallest absolute Gasteiger partial charge is 0.338 e. The topological polar surface area (TPSA) is 82.5 Å². The van der Waals surface area contributed by atoms with Gasteiger partial charge in [-0.05, 0) is 36.4 Å². The summed E-state index contributed by atoms with van der Waals surface area (Å²) in [4.78, 5) is 29.0. The summed E-state index contributed by atoms with van der Waals surface area (Å²) in [6.07, 6.45) is 1.39. The molecule has 0 saturated carbocycles. The summed E-state index contributed by atoms with van der Waals surface area (Å²) >= 11 is 0. The third-order valence-corrected chi connectivity index (χ3v) is 2.89. The van der Waals surface area contributed by atoms with E-state index in [-0.39, 0.29) is 11.3 Å². The van der Waals surface area contributed by atoms with Gasteiger partial charge in [-0.15, -0.1) is 0 Å². The number of carbonyl (C=O) groups is 2. The fraction of sp³-hybridized carbons (Fsp3) is 0.133. The summed E-state index contributed by atoms with van der Waals surface area (Å²) in [5, 5.41) is 11.7. The Labute approximate surface area is 122 Å². The third kappa shape index (κ3) is 3.36. The second kappa shape index (κ2) is 6.04. The van der Waals surface area contributed by atoms with Crippen molar-refractivity contribution in [3.8, 4) is 0 Å². The summed E-state index contributed by atoms with van der Waals surface area (Å²) < 4.78 is 0. The number of aromatic carboxylic acids is 1. The van der Waals surface area contributed by atoms with Crippen LogP contribution in [0.3, 0.4) is 0 Å². The number of aromatic nitrogens is 1. The van der Waals surface area contributed by atoms with Crippen molar-refractivity contribution in [3.05, 3.63) is 53.9 Å². The van der Waals surface area contributed by atoms with Crippen LogP contribution in [-0.4, -0.2) is 36.1 Å². The zero-order valence-electron chi connectivity index (χ0n) is 11.7. The average Bonchev–Trinajstić information content (AvgIpc) is 2.47. The molecule has 0 aliphatic carbocycles. The maximum atomic E-state index is 12.1. The number of nitrogens with one attached hydrogen (secondary N) is 1. The molecule has 0 saturated heterocycles. The lowest BCUT2D eigenvalue weighted by Gasteiger charge is -2.13. The molecule has 21 heavy (non-hydrogen) atoms. The Morgan fingerprint density at radius 2 is 1.81 bits per heavy atom. The Hall–Kier alpha value is -2.89. The van der Waals surface area contributed by atoms with Crippen molar-refractivity contribution in [3.63, 3.8) is 0 Å². The lowest BCUT2D eigenvalue weighted by atomic mass is 10.2. The van der Waals surface area contributed by atoms with E-state index in [0.717, 1.165) is 5.69 Å². The molecule has 108 valence electrons. The highest BCUT2D eigenvalue weighted by atomic mass is 16.4. The highest BCUT2D eigenvalue weighted by Gasteiger charge is 2.17. The number of nitrogens with zero attached hydrogens (tertiary/aromatic N) is 2. The predicted molar refractivity (Wildman–Crippen MR) is 79.9 cm³/mol. The number of rotatable bonds is 4. The van der Waals surface area contributed by atoms with Crippen molar-refractivity contribution in [2.45, 2.75) is 0 Å². The van der Waals surface area contributed by atoms with E-state index in [1.54, 1.807) is 12.1 Å². The van der Waals surface area contributed by atoms with Crippen LogP contribution in [0.1, 0.15) is 20.8 Å². The lowest BCUT2D eigenvalue weighted by molar-refractivity contribution is 0.0691. The first-order valence-electron chi connectivity index (χ1n) is 6.26. The van der Waals surface area contributed by atoms with Gasteiger partial charge in [-0.2, -0.15) is 0 Å². The Morgan fingerprint density at radius 1 is 1.14 bits per heavy atom. The molecular formula is C15H15N3O3. The Balaban J connectivity index is 2.20. The van der Waals surface area contributed by atoms with Gasteiger partial charge < -0.3 is 15.3 Å². The molecule has 0 unspecified atom stereocenters. The van der Waals surface area contributed by atoms with Crippen molar-refractivity contribution < 1.29 is 14.7 Å². The molecule has 0 fully saturated rings. The van der Waals surface area contributed by atoms with E-state index in [2.05, 4.69) is 10.3 Å². The Morgan fingerprint density at radius 3 is 2.38 bits per heavy atom. The Bertz CT molecular complexity index is 666.